The number of hydrogen-bond donors (Lipinski definition) is 0. The molecule has 0 saturated heterocycles. The van der Waals surface area contributed by atoms with Gasteiger partial charge in [-0.2, -0.15) is 0 Å². The molecule has 1 aliphatic carbocycles. The second kappa shape index (κ2) is 4.34. The fraction of sp³-hybridized carbons (Fsp3) is 0.176. The number of para-hydroxylation sites is 1. The lowest BCUT2D eigenvalue weighted by atomic mass is 9.87. The van der Waals surface area contributed by atoms with Crippen molar-refractivity contribution in [3.05, 3.63) is 71.8 Å². The topological polar surface area (TPSA) is 9.23 Å². The standard InChI is InChI=1S/C17H16O/c1-17(18-16-9-3-2-4-10-16)12-11-14-7-5-6-8-15(14)13-17/h2-12H,13H2,1H3. The summed E-state index contributed by atoms with van der Waals surface area (Å²) >= 11 is 0. The molecule has 3 rings (SSSR count). The summed E-state index contributed by atoms with van der Waals surface area (Å²) in [7, 11) is 0. The van der Waals surface area contributed by atoms with Gasteiger partial charge in [0.15, 0.2) is 0 Å². The van der Waals surface area contributed by atoms with Gasteiger partial charge in [-0.05, 0) is 36.3 Å². The molecule has 1 atom stereocenters. The average Bonchev–Trinajstić information content (AvgIpc) is 2.39. The quantitative estimate of drug-likeness (QED) is 0.763. The van der Waals surface area contributed by atoms with Gasteiger partial charge in [-0.3, -0.25) is 0 Å². The molecule has 1 unspecified atom stereocenters. The summed E-state index contributed by atoms with van der Waals surface area (Å²) in [5.74, 6) is 0.920. The molecule has 1 heteroatoms. The van der Waals surface area contributed by atoms with Gasteiger partial charge in [-0.25, -0.2) is 0 Å². The highest BCUT2D eigenvalue weighted by molar-refractivity contribution is 5.58. The Morgan fingerprint density at radius 3 is 2.50 bits per heavy atom. The van der Waals surface area contributed by atoms with Crippen molar-refractivity contribution in [3.63, 3.8) is 0 Å². The predicted octanol–water partition coefficient (Wildman–Crippen LogP) is 4.09. The molecule has 90 valence electrons. The lowest BCUT2D eigenvalue weighted by Crippen LogP contribution is -2.34. The Kier molecular flexibility index (Phi) is 2.67. The van der Waals surface area contributed by atoms with Crippen LogP contribution in [0.4, 0.5) is 0 Å². The van der Waals surface area contributed by atoms with Crippen LogP contribution in [-0.2, 0) is 6.42 Å². The molecule has 0 saturated carbocycles. The van der Waals surface area contributed by atoms with E-state index in [1.165, 1.54) is 11.1 Å². The Balaban J connectivity index is 1.86. The van der Waals surface area contributed by atoms with Crippen LogP contribution in [0.3, 0.4) is 0 Å². The highest BCUT2D eigenvalue weighted by Gasteiger charge is 2.27. The third-order valence-electron chi connectivity index (χ3n) is 3.31. The van der Waals surface area contributed by atoms with Crippen LogP contribution in [0.2, 0.25) is 0 Å². The van der Waals surface area contributed by atoms with Crippen LogP contribution >= 0.6 is 0 Å². The van der Waals surface area contributed by atoms with Crippen molar-refractivity contribution in [3.8, 4) is 5.75 Å². The van der Waals surface area contributed by atoms with Gasteiger partial charge in [0.05, 0.1) is 0 Å². The van der Waals surface area contributed by atoms with E-state index >= 15 is 0 Å². The summed E-state index contributed by atoms with van der Waals surface area (Å²) in [6.45, 7) is 2.13. The average molecular weight is 236 g/mol. The first kappa shape index (κ1) is 11.1. The lowest BCUT2D eigenvalue weighted by Gasteiger charge is -2.31. The molecule has 18 heavy (non-hydrogen) atoms. The zero-order valence-corrected chi connectivity index (χ0v) is 10.5. The number of benzene rings is 2. The molecule has 0 bridgehead atoms. The van der Waals surface area contributed by atoms with E-state index in [2.05, 4.69) is 43.3 Å². The lowest BCUT2D eigenvalue weighted by molar-refractivity contribution is 0.140. The van der Waals surface area contributed by atoms with Gasteiger partial charge in [0.1, 0.15) is 11.4 Å². The zero-order valence-electron chi connectivity index (χ0n) is 10.5. The van der Waals surface area contributed by atoms with Crippen LogP contribution < -0.4 is 4.74 Å². The first-order valence-corrected chi connectivity index (χ1v) is 6.26. The summed E-state index contributed by atoms with van der Waals surface area (Å²) < 4.78 is 6.11. The maximum Gasteiger partial charge on any atom is 0.129 e. The van der Waals surface area contributed by atoms with Gasteiger partial charge in [-0.1, -0.05) is 48.5 Å². The summed E-state index contributed by atoms with van der Waals surface area (Å²) in [4.78, 5) is 0. The Morgan fingerprint density at radius 2 is 1.67 bits per heavy atom. The summed E-state index contributed by atoms with van der Waals surface area (Å²) in [6.07, 6.45) is 5.22. The molecular formula is C17H16O. The van der Waals surface area contributed by atoms with E-state index in [9.17, 15) is 0 Å². The van der Waals surface area contributed by atoms with Gasteiger partial charge < -0.3 is 4.74 Å². The third kappa shape index (κ3) is 2.17. The van der Waals surface area contributed by atoms with Crippen LogP contribution in [-0.4, -0.2) is 5.60 Å². The van der Waals surface area contributed by atoms with Crippen LogP contribution in [0.25, 0.3) is 6.08 Å². The van der Waals surface area contributed by atoms with Crippen molar-refractivity contribution < 1.29 is 4.74 Å². The normalized spacial score (nSPS) is 21.4. The van der Waals surface area contributed by atoms with Crippen LogP contribution in [0.5, 0.6) is 5.75 Å². The predicted molar refractivity (Wildman–Crippen MR) is 74.7 cm³/mol. The van der Waals surface area contributed by atoms with Crippen molar-refractivity contribution >= 4 is 6.08 Å². The molecule has 1 aliphatic rings. The third-order valence-corrected chi connectivity index (χ3v) is 3.31. The highest BCUT2D eigenvalue weighted by atomic mass is 16.5. The second-order valence-corrected chi connectivity index (χ2v) is 4.94. The van der Waals surface area contributed by atoms with Gasteiger partial charge in [0.2, 0.25) is 0 Å². The van der Waals surface area contributed by atoms with E-state index < -0.39 is 0 Å². The van der Waals surface area contributed by atoms with Crippen molar-refractivity contribution in [2.75, 3.05) is 0 Å². The molecule has 0 fully saturated rings. The summed E-state index contributed by atoms with van der Waals surface area (Å²) in [5, 5.41) is 0. The van der Waals surface area contributed by atoms with E-state index in [1.54, 1.807) is 0 Å². The van der Waals surface area contributed by atoms with Crippen molar-refractivity contribution in [2.45, 2.75) is 18.9 Å². The minimum absolute atomic E-state index is 0.254. The van der Waals surface area contributed by atoms with E-state index in [-0.39, 0.29) is 5.60 Å². The van der Waals surface area contributed by atoms with Crippen LogP contribution in [0, 0.1) is 0 Å². The van der Waals surface area contributed by atoms with Gasteiger partial charge in [-0.15, -0.1) is 0 Å². The highest BCUT2D eigenvalue weighted by Crippen LogP contribution is 2.29. The number of fused-ring (bicyclic) bond motifs is 1. The fourth-order valence-electron chi connectivity index (χ4n) is 2.39. The van der Waals surface area contributed by atoms with Crippen molar-refractivity contribution in [2.24, 2.45) is 0 Å². The Hall–Kier alpha value is -2.02. The van der Waals surface area contributed by atoms with Crippen LogP contribution in [0.1, 0.15) is 18.1 Å². The number of ether oxygens (including phenoxy) is 1. The Bertz CT molecular complexity index is 571. The number of hydrogen-bond acceptors (Lipinski definition) is 1. The molecule has 0 spiro atoms. The summed E-state index contributed by atoms with van der Waals surface area (Å²) in [5.41, 5.74) is 2.39. The SMILES string of the molecule is CC1(Oc2ccccc2)C=Cc2ccccc2C1. The molecule has 2 aromatic carbocycles. The smallest absolute Gasteiger partial charge is 0.129 e. The van der Waals surface area contributed by atoms with Crippen molar-refractivity contribution in [1.82, 2.24) is 0 Å². The largest absolute Gasteiger partial charge is 0.483 e. The Morgan fingerprint density at radius 1 is 0.944 bits per heavy atom. The minimum Gasteiger partial charge on any atom is -0.483 e. The van der Waals surface area contributed by atoms with E-state index in [0.717, 1.165) is 12.2 Å². The molecule has 1 nitrogen and oxygen atoms in total. The van der Waals surface area contributed by atoms with Gasteiger partial charge in [0.25, 0.3) is 0 Å². The van der Waals surface area contributed by atoms with Gasteiger partial charge in [0, 0.05) is 6.42 Å². The zero-order chi connectivity index (χ0) is 12.4. The molecule has 2 aromatic rings. The second-order valence-electron chi connectivity index (χ2n) is 4.94. The molecule has 0 N–H and O–H groups in total. The first-order chi connectivity index (χ1) is 8.75. The monoisotopic (exact) mass is 236 g/mol. The maximum atomic E-state index is 6.11. The minimum atomic E-state index is -0.254. The van der Waals surface area contributed by atoms with E-state index in [0.29, 0.717) is 0 Å². The van der Waals surface area contributed by atoms with Gasteiger partial charge >= 0.3 is 0 Å². The molecule has 0 radical (unpaired) electrons. The summed E-state index contributed by atoms with van der Waals surface area (Å²) in [6, 6.07) is 18.5. The fourth-order valence-corrected chi connectivity index (χ4v) is 2.39. The maximum absolute atomic E-state index is 6.11. The van der Waals surface area contributed by atoms with Crippen LogP contribution in [0.15, 0.2) is 60.7 Å². The van der Waals surface area contributed by atoms with E-state index in [1.807, 2.05) is 30.3 Å². The molecule has 0 heterocycles. The molecule has 0 aliphatic heterocycles. The molecule has 0 aromatic heterocycles. The number of rotatable bonds is 2. The first-order valence-electron chi connectivity index (χ1n) is 6.26. The molecule has 0 amide bonds. The van der Waals surface area contributed by atoms with E-state index in [4.69, 9.17) is 4.74 Å². The van der Waals surface area contributed by atoms with Crippen molar-refractivity contribution in [1.29, 1.82) is 0 Å². The molecular weight excluding hydrogens is 220 g/mol. The Labute approximate surface area is 108 Å².